The van der Waals surface area contributed by atoms with Crippen molar-refractivity contribution in [1.29, 1.82) is 0 Å². The molecule has 0 saturated heterocycles. The summed E-state index contributed by atoms with van der Waals surface area (Å²) < 4.78 is 1.21. The zero-order chi connectivity index (χ0) is 16.6. The third-order valence-electron chi connectivity index (χ3n) is 4.83. The smallest absolute Gasteiger partial charge is 0.184 e. The lowest BCUT2D eigenvalue weighted by Crippen LogP contribution is -2.06. The molecule has 0 bridgehead atoms. The highest BCUT2D eigenvalue weighted by atomic mass is 32.1. The second-order valence-electron chi connectivity index (χ2n) is 6.37. The van der Waals surface area contributed by atoms with Crippen molar-refractivity contribution in [3.63, 3.8) is 0 Å². The number of hydrogen-bond donors (Lipinski definition) is 1. The van der Waals surface area contributed by atoms with Gasteiger partial charge in [-0.05, 0) is 59.4 Å². The normalized spacial score (nSPS) is 16.1. The van der Waals surface area contributed by atoms with Crippen LogP contribution in [-0.4, -0.2) is 9.97 Å². The number of aromatic nitrogens is 2. The summed E-state index contributed by atoms with van der Waals surface area (Å²) in [6.45, 7) is 0. The Balaban J connectivity index is 1.45. The Morgan fingerprint density at radius 1 is 0.960 bits per heavy atom. The first-order valence-corrected chi connectivity index (χ1v) is 9.34. The molecule has 0 aliphatic heterocycles. The SMILES string of the molecule is c1ccc2c(c1)CC[C@H]2Nc1nc2ccc(-c3ccncc3)cc2s1. The third-order valence-corrected chi connectivity index (χ3v) is 5.78. The molecule has 4 heteroatoms. The van der Waals surface area contributed by atoms with E-state index in [4.69, 9.17) is 4.98 Å². The highest BCUT2D eigenvalue weighted by Crippen LogP contribution is 2.36. The van der Waals surface area contributed by atoms with E-state index in [1.807, 2.05) is 24.5 Å². The Hall–Kier alpha value is -2.72. The van der Waals surface area contributed by atoms with Crippen LogP contribution in [0.4, 0.5) is 5.13 Å². The van der Waals surface area contributed by atoms with Crippen molar-refractivity contribution < 1.29 is 0 Å². The van der Waals surface area contributed by atoms with Crippen LogP contribution in [0.15, 0.2) is 67.0 Å². The average Bonchev–Trinajstić information content (AvgIpc) is 3.26. The van der Waals surface area contributed by atoms with Crippen LogP contribution in [0.2, 0.25) is 0 Å². The molecule has 4 aromatic rings. The van der Waals surface area contributed by atoms with Crippen LogP contribution in [0.5, 0.6) is 0 Å². The summed E-state index contributed by atoms with van der Waals surface area (Å²) in [5.41, 5.74) is 6.32. The summed E-state index contributed by atoms with van der Waals surface area (Å²) in [5, 5.41) is 4.65. The number of anilines is 1. The van der Waals surface area contributed by atoms with Crippen molar-refractivity contribution in [2.45, 2.75) is 18.9 Å². The van der Waals surface area contributed by atoms with Crippen LogP contribution in [-0.2, 0) is 6.42 Å². The summed E-state index contributed by atoms with van der Waals surface area (Å²) >= 11 is 1.73. The van der Waals surface area contributed by atoms with Crippen molar-refractivity contribution in [3.05, 3.63) is 78.1 Å². The second kappa shape index (κ2) is 5.97. The fraction of sp³-hybridized carbons (Fsp3) is 0.143. The maximum Gasteiger partial charge on any atom is 0.184 e. The minimum Gasteiger partial charge on any atom is -0.355 e. The number of thiazole rings is 1. The van der Waals surface area contributed by atoms with E-state index in [0.717, 1.165) is 23.5 Å². The number of benzene rings is 2. The van der Waals surface area contributed by atoms with Crippen LogP contribution >= 0.6 is 11.3 Å². The van der Waals surface area contributed by atoms with Crippen molar-refractivity contribution in [3.8, 4) is 11.1 Å². The van der Waals surface area contributed by atoms with Crippen LogP contribution in [0.25, 0.3) is 21.3 Å². The van der Waals surface area contributed by atoms with Crippen LogP contribution in [0.3, 0.4) is 0 Å². The van der Waals surface area contributed by atoms with Crippen molar-refractivity contribution >= 4 is 26.7 Å². The van der Waals surface area contributed by atoms with Crippen LogP contribution in [0.1, 0.15) is 23.6 Å². The molecule has 25 heavy (non-hydrogen) atoms. The van der Waals surface area contributed by atoms with Gasteiger partial charge in [0.15, 0.2) is 5.13 Å². The predicted octanol–water partition coefficient (Wildman–Crippen LogP) is 5.46. The van der Waals surface area contributed by atoms with Crippen molar-refractivity contribution in [2.24, 2.45) is 0 Å². The van der Waals surface area contributed by atoms with Gasteiger partial charge in [0.1, 0.15) is 0 Å². The molecule has 1 atom stereocenters. The summed E-state index contributed by atoms with van der Waals surface area (Å²) in [4.78, 5) is 8.87. The standard InChI is InChI=1S/C21H17N3S/c1-2-4-17-15(3-1)5-7-18(17)23-21-24-19-8-6-16(13-20(19)25-21)14-9-11-22-12-10-14/h1-4,6,8-13,18H,5,7H2,(H,23,24)/t18-/m1/s1. The Morgan fingerprint density at radius 3 is 2.76 bits per heavy atom. The van der Waals surface area contributed by atoms with E-state index in [1.165, 1.54) is 27.0 Å². The summed E-state index contributed by atoms with van der Waals surface area (Å²) in [6.07, 6.45) is 5.94. The first-order chi connectivity index (χ1) is 12.4. The maximum atomic E-state index is 4.78. The highest BCUT2D eigenvalue weighted by Gasteiger charge is 2.22. The van der Waals surface area contributed by atoms with Gasteiger partial charge in [-0.25, -0.2) is 4.98 Å². The van der Waals surface area contributed by atoms with Gasteiger partial charge in [-0.1, -0.05) is 41.7 Å². The molecular formula is C21H17N3S. The van der Waals surface area contributed by atoms with Gasteiger partial charge in [0.25, 0.3) is 0 Å². The molecule has 5 rings (SSSR count). The fourth-order valence-corrected chi connectivity index (χ4v) is 4.52. The van der Waals surface area contributed by atoms with Gasteiger partial charge in [0.05, 0.1) is 16.3 Å². The second-order valence-corrected chi connectivity index (χ2v) is 7.40. The number of rotatable bonds is 3. The highest BCUT2D eigenvalue weighted by molar-refractivity contribution is 7.22. The molecule has 2 aromatic heterocycles. The van der Waals surface area contributed by atoms with Gasteiger partial charge in [0.2, 0.25) is 0 Å². The van der Waals surface area contributed by atoms with Gasteiger partial charge in [-0.15, -0.1) is 0 Å². The molecule has 1 aliphatic rings. The van der Waals surface area contributed by atoms with Gasteiger partial charge in [-0.2, -0.15) is 0 Å². The fourth-order valence-electron chi connectivity index (χ4n) is 3.57. The van der Waals surface area contributed by atoms with Crippen LogP contribution < -0.4 is 5.32 Å². The number of fused-ring (bicyclic) bond motifs is 2. The van der Waals surface area contributed by atoms with Gasteiger partial charge in [-0.3, -0.25) is 4.98 Å². The zero-order valence-corrected chi connectivity index (χ0v) is 14.5. The monoisotopic (exact) mass is 343 g/mol. The van der Waals surface area contributed by atoms with Crippen molar-refractivity contribution in [2.75, 3.05) is 5.32 Å². The van der Waals surface area contributed by atoms with E-state index in [1.54, 1.807) is 11.3 Å². The van der Waals surface area contributed by atoms with E-state index in [9.17, 15) is 0 Å². The van der Waals surface area contributed by atoms with Crippen molar-refractivity contribution in [1.82, 2.24) is 9.97 Å². The van der Waals surface area contributed by atoms with Gasteiger partial charge >= 0.3 is 0 Å². The molecule has 2 heterocycles. The van der Waals surface area contributed by atoms with E-state index in [-0.39, 0.29) is 0 Å². The Morgan fingerprint density at radius 2 is 1.84 bits per heavy atom. The zero-order valence-electron chi connectivity index (χ0n) is 13.6. The van der Waals surface area contributed by atoms with Gasteiger partial charge in [0, 0.05) is 12.4 Å². The first kappa shape index (κ1) is 14.6. The lowest BCUT2D eigenvalue weighted by atomic mass is 10.1. The molecular weight excluding hydrogens is 326 g/mol. The molecule has 0 radical (unpaired) electrons. The molecule has 0 spiro atoms. The number of aryl methyl sites for hydroxylation is 1. The van der Waals surface area contributed by atoms with Crippen LogP contribution in [0, 0.1) is 0 Å². The van der Waals surface area contributed by atoms with E-state index in [2.05, 4.69) is 52.8 Å². The molecule has 0 amide bonds. The molecule has 1 N–H and O–H groups in total. The molecule has 122 valence electrons. The van der Waals surface area contributed by atoms with Gasteiger partial charge < -0.3 is 5.32 Å². The quantitative estimate of drug-likeness (QED) is 0.537. The lowest BCUT2D eigenvalue weighted by molar-refractivity contribution is 0.761. The Labute approximate surface area is 150 Å². The molecule has 0 unspecified atom stereocenters. The maximum absolute atomic E-state index is 4.78. The number of hydrogen-bond acceptors (Lipinski definition) is 4. The topological polar surface area (TPSA) is 37.8 Å². The molecule has 0 saturated carbocycles. The molecule has 3 nitrogen and oxygen atoms in total. The molecule has 1 aliphatic carbocycles. The Bertz CT molecular complexity index is 1040. The first-order valence-electron chi connectivity index (χ1n) is 8.52. The minimum atomic E-state index is 0.372. The van der Waals surface area contributed by atoms with E-state index >= 15 is 0 Å². The summed E-state index contributed by atoms with van der Waals surface area (Å²) in [7, 11) is 0. The van der Waals surface area contributed by atoms with E-state index in [0.29, 0.717) is 6.04 Å². The Kier molecular flexibility index (Phi) is 3.49. The lowest BCUT2D eigenvalue weighted by Gasteiger charge is -2.12. The number of nitrogens with zero attached hydrogens (tertiary/aromatic N) is 2. The molecule has 0 fully saturated rings. The largest absolute Gasteiger partial charge is 0.355 e. The minimum absolute atomic E-state index is 0.372. The summed E-state index contributed by atoms with van der Waals surface area (Å²) in [5.74, 6) is 0. The third kappa shape index (κ3) is 2.68. The number of nitrogens with one attached hydrogen (secondary N) is 1. The predicted molar refractivity (Wildman–Crippen MR) is 104 cm³/mol. The number of pyridine rings is 1. The van der Waals surface area contributed by atoms with E-state index < -0.39 is 0 Å². The average molecular weight is 343 g/mol. The summed E-state index contributed by atoms with van der Waals surface area (Å²) in [6, 6.07) is 19.6. The molecule has 2 aromatic carbocycles.